The second-order valence-electron chi connectivity index (χ2n) is 2.89. The van der Waals surface area contributed by atoms with Crippen LogP contribution in [0.5, 0.6) is 0 Å². The number of imidazole rings is 1. The molecule has 0 aromatic carbocycles. The van der Waals surface area contributed by atoms with E-state index in [1.807, 2.05) is 6.92 Å². The summed E-state index contributed by atoms with van der Waals surface area (Å²) in [5, 5.41) is 0.126. The van der Waals surface area contributed by atoms with Gasteiger partial charge in [-0.15, -0.1) is 11.8 Å². The number of hydrogen-bond acceptors (Lipinski definition) is 3. The van der Waals surface area contributed by atoms with Gasteiger partial charge in [0.25, 0.3) is 0 Å². The predicted octanol–water partition coefficient (Wildman–Crippen LogP) is 1.85. The van der Waals surface area contributed by atoms with E-state index in [0.29, 0.717) is 0 Å². The first-order chi connectivity index (χ1) is 6.24. The molecule has 0 saturated heterocycles. The molecule has 73 valence electrons. The van der Waals surface area contributed by atoms with Crippen LogP contribution < -0.4 is 5.73 Å². The van der Waals surface area contributed by atoms with Crippen LogP contribution in [0.15, 0.2) is 6.33 Å². The number of nitrogens with zero attached hydrogens (tertiary/aromatic N) is 1. The fraction of sp³-hybridized carbons (Fsp3) is 0.556. The molecule has 13 heavy (non-hydrogen) atoms. The highest BCUT2D eigenvalue weighted by atomic mass is 32.2. The summed E-state index contributed by atoms with van der Waals surface area (Å²) in [5.41, 5.74) is 8.06. The number of aryl methyl sites for hydroxylation is 1. The van der Waals surface area contributed by atoms with Gasteiger partial charge in [-0.3, -0.25) is 0 Å². The molecule has 0 saturated carbocycles. The van der Waals surface area contributed by atoms with Gasteiger partial charge in [-0.1, -0.05) is 13.3 Å². The molecule has 0 aliphatic rings. The summed E-state index contributed by atoms with van der Waals surface area (Å²) in [5.74, 6) is 0.882. The van der Waals surface area contributed by atoms with Crippen molar-refractivity contribution in [3.63, 3.8) is 0 Å². The lowest BCUT2D eigenvalue weighted by Gasteiger charge is -2.07. The molecule has 0 spiro atoms. The second kappa shape index (κ2) is 5.29. The average molecular weight is 198 g/mol. The molecule has 1 rings (SSSR count). The Kier molecular flexibility index (Phi) is 4.32. The van der Waals surface area contributed by atoms with Crippen LogP contribution in [0.2, 0.25) is 0 Å². The normalized spacial score (nSPS) is 13.2. The number of H-pyrrole nitrogens is 1. The van der Waals surface area contributed by atoms with Crippen LogP contribution in [0.25, 0.3) is 0 Å². The zero-order valence-electron chi connectivity index (χ0n) is 8.08. The van der Waals surface area contributed by atoms with Crippen LogP contribution in [0.4, 0.5) is 0 Å². The Labute approximate surface area is 83.5 Å². The first-order valence-electron chi connectivity index (χ1n) is 4.43. The molecule has 0 amide bonds. The molecule has 1 atom stereocenters. The van der Waals surface area contributed by atoms with Crippen LogP contribution >= 0.6 is 11.8 Å². The lowest BCUT2D eigenvalue weighted by atomic mass is 10.3. The minimum Gasteiger partial charge on any atom is -0.348 e. The average Bonchev–Trinajstić information content (AvgIpc) is 2.48. The largest absolute Gasteiger partial charge is 0.348 e. The fourth-order valence-corrected chi connectivity index (χ4v) is 1.98. The van der Waals surface area contributed by atoms with Gasteiger partial charge in [0, 0.05) is 11.4 Å². The van der Waals surface area contributed by atoms with Gasteiger partial charge in [-0.25, -0.2) is 4.98 Å². The number of rotatable bonds is 5. The van der Waals surface area contributed by atoms with E-state index >= 15 is 0 Å². The van der Waals surface area contributed by atoms with E-state index in [9.17, 15) is 0 Å². The third-order valence-electron chi connectivity index (χ3n) is 1.81. The third kappa shape index (κ3) is 3.40. The standard InChI is InChI=1S/C9H16N3S/c1-3-4-9(10)13-5-8-7(2)11-6-12-8/h4,6,9H,3,5,10H2,1-2H3,(H,11,12). The number of thioether (sulfide) groups is 1. The number of aromatic amines is 1. The molecule has 0 fully saturated rings. The van der Waals surface area contributed by atoms with Gasteiger partial charge >= 0.3 is 0 Å². The molecule has 0 bridgehead atoms. The highest BCUT2D eigenvalue weighted by Gasteiger charge is 2.05. The molecular formula is C9H16N3S. The Morgan fingerprint density at radius 3 is 3.08 bits per heavy atom. The fourth-order valence-electron chi connectivity index (χ4n) is 1.01. The van der Waals surface area contributed by atoms with Crippen molar-refractivity contribution in [2.75, 3.05) is 0 Å². The van der Waals surface area contributed by atoms with Crippen LogP contribution in [0.1, 0.15) is 24.7 Å². The first-order valence-corrected chi connectivity index (χ1v) is 5.48. The number of hydrogen-bond donors (Lipinski definition) is 2. The van der Waals surface area contributed by atoms with Gasteiger partial charge in [0.05, 0.1) is 17.4 Å². The Hall–Kier alpha value is -0.480. The van der Waals surface area contributed by atoms with E-state index in [1.165, 1.54) is 0 Å². The van der Waals surface area contributed by atoms with Crippen molar-refractivity contribution in [2.24, 2.45) is 5.73 Å². The third-order valence-corrected chi connectivity index (χ3v) is 2.83. The Morgan fingerprint density at radius 2 is 2.54 bits per heavy atom. The molecule has 1 radical (unpaired) electrons. The van der Waals surface area contributed by atoms with Gasteiger partial charge < -0.3 is 10.7 Å². The zero-order valence-corrected chi connectivity index (χ0v) is 8.90. The van der Waals surface area contributed by atoms with Crippen LogP contribution in [0, 0.1) is 13.3 Å². The molecule has 1 aromatic rings. The summed E-state index contributed by atoms with van der Waals surface area (Å²) < 4.78 is 0. The number of aromatic nitrogens is 2. The maximum absolute atomic E-state index is 5.82. The first kappa shape index (κ1) is 10.6. The minimum absolute atomic E-state index is 0.126. The van der Waals surface area contributed by atoms with E-state index in [-0.39, 0.29) is 5.37 Å². The van der Waals surface area contributed by atoms with Crippen LogP contribution in [0.3, 0.4) is 0 Å². The maximum atomic E-state index is 5.82. The maximum Gasteiger partial charge on any atom is 0.0925 e. The highest BCUT2D eigenvalue weighted by Crippen LogP contribution is 2.17. The molecule has 3 nitrogen and oxygen atoms in total. The van der Waals surface area contributed by atoms with Crippen molar-refractivity contribution < 1.29 is 0 Å². The van der Waals surface area contributed by atoms with E-state index in [4.69, 9.17) is 5.73 Å². The highest BCUT2D eigenvalue weighted by molar-refractivity contribution is 7.99. The predicted molar refractivity (Wildman–Crippen MR) is 57.2 cm³/mol. The molecule has 1 aromatic heterocycles. The van der Waals surface area contributed by atoms with Gasteiger partial charge in [0.1, 0.15) is 0 Å². The SMILES string of the molecule is CC[CH]C(N)SCc1nc[nH]c1C. The van der Waals surface area contributed by atoms with Crippen molar-refractivity contribution in [1.82, 2.24) is 9.97 Å². The van der Waals surface area contributed by atoms with Crippen molar-refractivity contribution in [3.05, 3.63) is 24.1 Å². The van der Waals surface area contributed by atoms with E-state index in [1.54, 1.807) is 18.1 Å². The smallest absolute Gasteiger partial charge is 0.0925 e. The summed E-state index contributed by atoms with van der Waals surface area (Å²) in [6, 6.07) is 0. The lowest BCUT2D eigenvalue weighted by molar-refractivity contribution is 0.950. The Morgan fingerprint density at radius 1 is 1.77 bits per heavy atom. The van der Waals surface area contributed by atoms with Crippen molar-refractivity contribution in [1.29, 1.82) is 0 Å². The molecular weight excluding hydrogens is 182 g/mol. The summed E-state index contributed by atoms with van der Waals surface area (Å²) in [6.07, 6.45) is 4.85. The van der Waals surface area contributed by atoms with Gasteiger partial charge in [-0.05, 0) is 13.3 Å². The minimum atomic E-state index is 0.126. The molecule has 0 aliphatic heterocycles. The second-order valence-corrected chi connectivity index (χ2v) is 4.06. The number of nitrogens with one attached hydrogen (secondary N) is 1. The van der Waals surface area contributed by atoms with Crippen molar-refractivity contribution in [3.8, 4) is 0 Å². The summed E-state index contributed by atoms with van der Waals surface area (Å²) >= 11 is 1.71. The summed E-state index contributed by atoms with van der Waals surface area (Å²) in [7, 11) is 0. The number of nitrogens with two attached hydrogens (primary N) is 1. The van der Waals surface area contributed by atoms with Crippen molar-refractivity contribution in [2.45, 2.75) is 31.4 Å². The quantitative estimate of drug-likeness (QED) is 0.710. The topological polar surface area (TPSA) is 54.7 Å². The Balaban J connectivity index is 2.30. The summed E-state index contributed by atoms with van der Waals surface area (Å²) in [6.45, 7) is 4.12. The lowest BCUT2D eigenvalue weighted by Crippen LogP contribution is -2.15. The molecule has 4 heteroatoms. The Bertz CT molecular complexity index is 247. The van der Waals surface area contributed by atoms with Gasteiger partial charge in [0.15, 0.2) is 0 Å². The summed E-state index contributed by atoms with van der Waals surface area (Å²) in [4.78, 5) is 7.25. The van der Waals surface area contributed by atoms with Crippen LogP contribution in [-0.4, -0.2) is 15.3 Å². The van der Waals surface area contributed by atoms with Gasteiger partial charge in [0.2, 0.25) is 0 Å². The molecule has 0 aliphatic carbocycles. The monoisotopic (exact) mass is 198 g/mol. The van der Waals surface area contributed by atoms with Crippen LogP contribution in [-0.2, 0) is 5.75 Å². The van der Waals surface area contributed by atoms with Crippen molar-refractivity contribution >= 4 is 11.8 Å². The molecule has 1 unspecified atom stereocenters. The zero-order chi connectivity index (χ0) is 9.68. The van der Waals surface area contributed by atoms with E-state index < -0.39 is 0 Å². The molecule has 3 N–H and O–H groups in total. The molecule has 1 heterocycles. The van der Waals surface area contributed by atoms with Gasteiger partial charge in [-0.2, -0.15) is 0 Å². The van der Waals surface area contributed by atoms with E-state index in [0.717, 1.165) is 23.6 Å². The van der Waals surface area contributed by atoms with E-state index in [2.05, 4.69) is 23.3 Å².